The molecule has 0 aliphatic carbocycles. The van der Waals surface area contributed by atoms with E-state index in [1.165, 1.54) is 44.9 Å². The first kappa shape index (κ1) is 18.0. The summed E-state index contributed by atoms with van der Waals surface area (Å²) in [4.78, 5) is 17.0. The topological polar surface area (TPSA) is 50.7 Å². The van der Waals surface area contributed by atoms with Gasteiger partial charge in [-0.05, 0) is 25.7 Å². The predicted molar refractivity (Wildman–Crippen MR) is 87.5 cm³/mol. The summed E-state index contributed by atoms with van der Waals surface area (Å²) in [5, 5.41) is 7.25. The summed E-state index contributed by atoms with van der Waals surface area (Å²) in [5.41, 5.74) is 1.10. The van der Waals surface area contributed by atoms with Crippen LogP contribution in [0.1, 0.15) is 84.0 Å². The first-order valence-corrected chi connectivity index (χ1v) is 8.77. The van der Waals surface area contributed by atoms with Gasteiger partial charge in [-0.25, -0.2) is 0 Å². The molecule has 1 saturated heterocycles. The van der Waals surface area contributed by atoms with Crippen LogP contribution in [0.2, 0.25) is 0 Å². The van der Waals surface area contributed by atoms with Gasteiger partial charge in [-0.1, -0.05) is 50.6 Å². The highest BCUT2D eigenvalue weighted by atomic mass is 16.6. The van der Waals surface area contributed by atoms with Crippen molar-refractivity contribution in [3.8, 4) is 0 Å². The van der Waals surface area contributed by atoms with Crippen molar-refractivity contribution in [1.29, 1.82) is 0 Å². The summed E-state index contributed by atoms with van der Waals surface area (Å²) in [6.45, 7) is 3.44. The monoisotopic (exact) mass is 296 g/mol. The molecule has 122 valence electrons. The maximum Gasteiger partial charge on any atom is 0.220 e. The number of oxime groups is 1. The van der Waals surface area contributed by atoms with Crippen LogP contribution in [-0.2, 0) is 9.63 Å². The molecule has 1 amide bonds. The SMILES string of the molecule is CCCO/N=C1/CCCCCCCCCCC(=O)NCC1. The van der Waals surface area contributed by atoms with Gasteiger partial charge >= 0.3 is 0 Å². The average Bonchev–Trinajstić information content (AvgIpc) is 2.48. The van der Waals surface area contributed by atoms with Crippen molar-refractivity contribution in [2.45, 2.75) is 84.0 Å². The molecule has 1 rings (SSSR count). The molecule has 21 heavy (non-hydrogen) atoms. The Kier molecular flexibility index (Phi) is 10.8. The largest absolute Gasteiger partial charge is 0.396 e. The van der Waals surface area contributed by atoms with E-state index < -0.39 is 0 Å². The summed E-state index contributed by atoms with van der Waals surface area (Å²) in [6.07, 6.45) is 13.3. The van der Waals surface area contributed by atoms with Crippen LogP contribution in [0.4, 0.5) is 0 Å². The molecule has 0 bridgehead atoms. The molecular formula is C17H32N2O2. The fourth-order valence-electron chi connectivity index (χ4n) is 2.55. The van der Waals surface area contributed by atoms with Gasteiger partial charge < -0.3 is 10.2 Å². The van der Waals surface area contributed by atoms with Gasteiger partial charge in [0.1, 0.15) is 6.61 Å². The molecule has 4 heteroatoms. The molecule has 1 heterocycles. The summed E-state index contributed by atoms with van der Waals surface area (Å²) in [7, 11) is 0. The standard InChI is InChI=1S/C17H32N2O2/c1-2-15-21-19-16-11-9-7-5-3-4-6-8-10-12-17(20)18-14-13-16/h2-15H2,1H3,(H,18,20)/b19-16-. The van der Waals surface area contributed by atoms with E-state index >= 15 is 0 Å². The minimum Gasteiger partial charge on any atom is -0.396 e. The zero-order valence-corrected chi connectivity index (χ0v) is 13.7. The lowest BCUT2D eigenvalue weighted by Crippen LogP contribution is -2.25. The van der Waals surface area contributed by atoms with E-state index in [-0.39, 0.29) is 5.91 Å². The number of carbonyl (C=O) groups is 1. The predicted octanol–water partition coefficient (Wildman–Crippen LogP) is 4.19. The fourth-order valence-corrected chi connectivity index (χ4v) is 2.55. The molecule has 1 fully saturated rings. The molecule has 0 saturated carbocycles. The second kappa shape index (κ2) is 12.7. The zero-order chi connectivity index (χ0) is 15.2. The van der Waals surface area contributed by atoms with E-state index in [4.69, 9.17) is 4.84 Å². The number of nitrogens with one attached hydrogen (secondary N) is 1. The third-order valence-corrected chi connectivity index (χ3v) is 3.84. The molecule has 1 aliphatic rings. The fraction of sp³-hybridized carbons (Fsp3) is 0.882. The first-order valence-electron chi connectivity index (χ1n) is 8.77. The zero-order valence-electron chi connectivity index (χ0n) is 13.7. The Balaban J connectivity index is 2.40. The molecule has 0 aromatic rings. The van der Waals surface area contributed by atoms with E-state index in [2.05, 4.69) is 17.4 Å². The van der Waals surface area contributed by atoms with Crippen LogP contribution in [0, 0.1) is 0 Å². The van der Waals surface area contributed by atoms with Crippen molar-refractivity contribution in [2.75, 3.05) is 13.2 Å². The van der Waals surface area contributed by atoms with Gasteiger partial charge in [-0.2, -0.15) is 0 Å². The third kappa shape index (κ3) is 10.3. The van der Waals surface area contributed by atoms with Crippen LogP contribution in [-0.4, -0.2) is 24.8 Å². The highest BCUT2D eigenvalue weighted by Gasteiger charge is 2.05. The van der Waals surface area contributed by atoms with Crippen molar-refractivity contribution in [1.82, 2.24) is 5.32 Å². The van der Waals surface area contributed by atoms with Crippen molar-refractivity contribution in [3.63, 3.8) is 0 Å². The summed E-state index contributed by atoms with van der Waals surface area (Å²) in [5.74, 6) is 0.179. The van der Waals surface area contributed by atoms with Crippen LogP contribution in [0.15, 0.2) is 5.16 Å². The molecule has 0 aromatic heterocycles. The van der Waals surface area contributed by atoms with Gasteiger partial charge in [-0.3, -0.25) is 4.79 Å². The molecule has 1 N–H and O–H groups in total. The number of nitrogens with zero attached hydrogens (tertiary/aromatic N) is 1. The lowest BCUT2D eigenvalue weighted by atomic mass is 10.0. The summed E-state index contributed by atoms with van der Waals surface area (Å²) in [6, 6.07) is 0. The van der Waals surface area contributed by atoms with Gasteiger partial charge in [0.2, 0.25) is 5.91 Å². The quantitative estimate of drug-likeness (QED) is 0.627. The van der Waals surface area contributed by atoms with Crippen molar-refractivity contribution in [3.05, 3.63) is 0 Å². The molecule has 0 spiro atoms. The Labute approximate surface area is 129 Å². The Hall–Kier alpha value is -1.06. The molecule has 0 aromatic carbocycles. The van der Waals surface area contributed by atoms with Gasteiger partial charge in [0.25, 0.3) is 0 Å². The van der Waals surface area contributed by atoms with Crippen LogP contribution < -0.4 is 5.32 Å². The second-order valence-corrected chi connectivity index (χ2v) is 5.92. The van der Waals surface area contributed by atoms with Crippen molar-refractivity contribution in [2.24, 2.45) is 5.16 Å². The second-order valence-electron chi connectivity index (χ2n) is 5.92. The molecule has 4 nitrogen and oxygen atoms in total. The first-order chi connectivity index (χ1) is 10.3. The highest BCUT2D eigenvalue weighted by Crippen LogP contribution is 2.12. The Morgan fingerprint density at radius 2 is 1.57 bits per heavy atom. The lowest BCUT2D eigenvalue weighted by Gasteiger charge is -2.08. The Bertz CT molecular complexity index is 303. The smallest absolute Gasteiger partial charge is 0.220 e. The maximum atomic E-state index is 11.7. The van der Waals surface area contributed by atoms with Crippen LogP contribution in [0.5, 0.6) is 0 Å². The van der Waals surface area contributed by atoms with Gasteiger partial charge in [0, 0.05) is 19.4 Å². The molecule has 0 atom stereocenters. The molecule has 1 aliphatic heterocycles. The number of hydrogen-bond acceptors (Lipinski definition) is 3. The number of carbonyl (C=O) groups excluding carboxylic acids is 1. The summed E-state index contributed by atoms with van der Waals surface area (Å²) >= 11 is 0. The van der Waals surface area contributed by atoms with Gasteiger partial charge in [0.05, 0.1) is 5.71 Å². The van der Waals surface area contributed by atoms with E-state index in [1.54, 1.807) is 0 Å². The number of amides is 1. The van der Waals surface area contributed by atoms with Crippen LogP contribution in [0.3, 0.4) is 0 Å². The Morgan fingerprint density at radius 1 is 0.952 bits per heavy atom. The van der Waals surface area contributed by atoms with Crippen LogP contribution in [0.25, 0.3) is 0 Å². The van der Waals surface area contributed by atoms with Crippen LogP contribution >= 0.6 is 0 Å². The van der Waals surface area contributed by atoms with E-state index in [9.17, 15) is 4.79 Å². The lowest BCUT2D eigenvalue weighted by molar-refractivity contribution is -0.121. The normalized spacial score (nSPS) is 22.1. The van der Waals surface area contributed by atoms with Crippen molar-refractivity contribution >= 4 is 11.6 Å². The maximum absolute atomic E-state index is 11.7. The Morgan fingerprint density at radius 3 is 2.24 bits per heavy atom. The minimum atomic E-state index is 0.179. The third-order valence-electron chi connectivity index (χ3n) is 3.84. The van der Waals surface area contributed by atoms with Crippen molar-refractivity contribution < 1.29 is 9.63 Å². The minimum absolute atomic E-state index is 0.179. The average molecular weight is 296 g/mol. The number of hydrogen-bond donors (Lipinski definition) is 1. The van der Waals surface area contributed by atoms with Gasteiger partial charge in [0.15, 0.2) is 0 Å². The highest BCUT2D eigenvalue weighted by molar-refractivity contribution is 5.84. The molecule has 0 radical (unpaired) electrons. The summed E-state index contributed by atoms with van der Waals surface area (Å²) < 4.78 is 0. The van der Waals surface area contributed by atoms with E-state index in [0.29, 0.717) is 19.6 Å². The van der Waals surface area contributed by atoms with Gasteiger partial charge in [-0.15, -0.1) is 0 Å². The van der Waals surface area contributed by atoms with E-state index in [0.717, 1.165) is 31.4 Å². The number of rotatable bonds is 3. The molecular weight excluding hydrogens is 264 g/mol. The molecule has 0 unspecified atom stereocenters. The van der Waals surface area contributed by atoms with E-state index in [1.807, 2.05) is 0 Å².